The minimum Gasteiger partial charge on any atom is -0.316 e. The van der Waals surface area contributed by atoms with Crippen molar-refractivity contribution in [3.05, 3.63) is 71.3 Å². The fourth-order valence-electron chi connectivity index (χ4n) is 3.05. The van der Waals surface area contributed by atoms with Crippen molar-refractivity contribution in [2.45, 2.75) is 18.3 Å². The van der Waals surface area contributed by atoms with Gasteiger partial charge in [-0.25, -0.2) is 8.78 Å². The normalized spacial score (nSPS) is 22.7. The Morgan fingerprint density at radius 2 is 1.65 bits per heavy atom. The van der Waals surface area contributed by atoms with Crippen molar-refractivity contribution < 1.29 is 8.78 Å². The van der Waals surface area contributed by atoms with Gasteiger partial charge in [-0.1, -0.05) is 24.3 Å². The topological polar surface area (TPSA) is 12.0 Å². The first-order valence-corrected chi connectivity index (χ1v) is 6.95. The predicted octanol–water partition coefficient (Wildman–Crippen LogP) is 3.83. The third kappa shape index (κ3) is 2.73. The molecule has 1 heterocycles. The van der Waals surface area contributed by atoms with Gasteiger partial charge in [0.05, 0.1) is 0 Å². The van der Waals surface area contributed by atoms with Crippen molar-refractivity contribution in [2.24, 2.45) is 0 Å². The quantitative estimate of drug-likeness (QED) is 0.877. The molecule has 0 saturated carbocycles. The van der Waals surface area contributed by atoms with Crippen molar-refractivity contribution >= 4 is 0 Å². The van der Waals surface area contributed by atoms with Crippen LogP contribution >= 0.6 is 0 Å². The van der Waals surface area contributed by atoms with E-state index in [2.05, 4.69) is 5.32 Å². The molecule has 2 aromatic carbocycles. The van der Waals surface area contributed by atoms with Crippen LogP contribution in [0.4, 0.5) is 8.78 Å². The zero-order valence-electron chi connectivity index (χ0n) is 11.2. The van der Waals surface area contributed by atoms with Crippen molar-refractivity contribution in [3.8, 4) is 0 Å². The first-order chi connectivity index (χ1) is 9.74. The second-order valence-electron chi connectivity index (χ2n) is 5.31. The molecular formula is C17H17F2N. The second-order valence-corrected chi connectivity index (χ2v) is 5.31. The lowest BCUT2D eigenvalue weighted by Gasteiger charge is -2.33. The maximum atomic E-state index is 13.4. The van der Waals surface area contributed by atoms with Crippen LogP contribution in [0.3, 0.4) is 0 Å². The number of halogens is 2. The van der Waals surface area contributed by atoms with Crippen LogP contribution in [0.5, 0.6) is 0 Å². The molecule has 1 aliphatic rings. The van der Waals surface area contributed by atoms with Gasteiger partial charge in [0.15, 0.2) is 0 Å². The fraction of sp³-hybridized carbons (Fsp3) is 0.294. The molecule has 0 aromatic heterocycles. The third-order valence-corrected chi connectivity index (χ3v) is 4.06. The summed E-state index contributed by atoms with van der Waals surface area (Å²) in [5.41, 5.74) is 2.13. The Kier molecular flexibility index (Phi) is 3.79. The summed E-state index contributed by atoms with van der Waals surface area (Å²) in [7, 11) is 0. The lowest BCUT2D eigenvalue weighted by molar-refractivity contribution is 0.402. The van der Waals surface area contributed by atoms with Crippen LogP contribution < -0.4 is 5.32 Å². The van der Waals surface area contributed by atoms with Gasteiger partial charge in [-0.2, -0.15) is 0 Å². The maximum Gasteiger partial charge on any atom is 0.123 e. The highest BCUT2D eigenvalue weighted by Crippen LogP contribution is 2.37. The van der Waals surface area contributed by atoms with E-state index in [-0.39, 0.29) is 23.5 Å². The van der Waals surface area contributed by atoms with Gasteiger partial charge in [0.2, 0.25) is 0 Å². The highest BCUT2D eigenvalue weighted by atomic mass is 19.1. The van der Waals surface area contributed by atoms with Crippen LogP contribution in [-0.2, 0) is 0 Å². The SMILES string of the molecule is Fc1ccc(C2CNCCC2c2cccc(F)c2)cc1. The molecule has 3 heteroatoms. The number of rotatable bonds is 2. The Bertz CT molecular complexity index is 580. The summed E-state index contributed by atoms with van der Waals surface area (Å²) in [6.07, 6.45) is 0.964. The molecule has 0 amide bonds. The van der Waals surface area contributed by atoms with E-state index in [1.165, 1.54) is 18.2 Å². The Morgan fingerprint density at radius 1 is 0.850 bits per heavy atom. The summed E-state index contributed by atoms with van der Waals surface area (Å²) >= 11 is 0. The van der Waals surface area contributed by atoms with Crippen LogP contribution in [0.1, 0.15) is 29.4 Å². The molecule has 3 rings (SSSR count). The Hall–Kier alpha value is -1.74. The zero-order chi connectivity index (χ0) is 13.9. The monoisotopic (exact) mass is 273 g/mol. The minimum absolute atomic E-state index is 0.195. The van der Waals surface area contributed by atoms with Crippen molar-refractivity contribution in [2.75, 3.05) is 13.1 Å². The van der Waals surface area contributed by atoms with Crippen LogP contribution in [-0.4, -0.2) is 13.1 Å². The highest BCUT2D eigenvalue weighted by molar-refractivity contribution is 5.30. The van der Waals surface area contributed by atoms with Gasteiger partial charge >= 0.3 is 0 Å². The number of nitrogens with one attached hydrogen (secondary N) is 1. The van der Waals surface area contributed by atoms with Crippen molar-refractivity contribution in [1.82, 2.24) is 5.32 Å². The summed E-state index contributed by atoms with van der Waals surface area (Å²) in [6, 6.07) is 13.5. The highest BCUT2D eigenvalue weighted by Gasteiger charge is 2.27. The van der Waals surface area contributed by atoms with E-state index >= 15 is 0 Å². The summed E-state index contributed by atoms with van der Waals surface area (Å²) < 4.78 is 26.5. The van der Waals surface area contributed by atoms with Crippen LogP contribution in [0.25, 0.3) is 0 Å². The number of hydrogen-bond acceptors (Lipinski definition) is 1. The van der Waals surface area contributed by atoms with Crippen LogP contribution in [0.2, 0.25) is 0 Å². The molecule has 2 unspecified atom stereocenters. The molecule has 1 saturated heterocycles. The number of benzene rings is 2. The first kappa shape index (κ1) is 13.3. The summed E-state index contributed by atoms with van der Waals surface area (Å²) in [6.45, 7) is 1.77. The number of hydrogen-bond donors (Lipinski definition) is 1. The van der Waals surface area contributed by atoms with Crippen molar-refractivity contribution in [1.29, 1.82) is 0 Å². The molecule has 104 valence electrons. The molecule has 2 atom stereocenters. The van der Waals surface area contributed by atoms with Gasteiger partial charge in [-0.15, -0.1) is 0 Å². The van der Waals surface area contributed by atoms with E-state index in [1.54, 1.807) is 12.1 Å². The predicted molar refractivity (Wildman–Crippen MR) is 75.8 cm³/mol. The van der Waals surface area contributed by atoms with Gasteiger partial charge in [-0.3, -0.25) is 0 Å². The molecule has 0 bridgehead atoms. The number of piperidine rings is 1. The summed E-state index contributed by atoms with van der Waals surface area (Å²) in [5, 5.41) is 3.37. The maximum absolute atomic E-state index is 13.4. The fourth-order valence-corrected chi connectivity index (χ4v) is 3.05. The van der Waals surface area contributed by atoms with E-state index in [0.717, 1.165) is 30.6 Å². The van der Waals surface area contributed by atoms with Gasteiger partial charge in [-0.05, 0) is 54.3 Å². The lowest BCUT2D eigenvalue weighted by atomic mass is 9.77. The van der Waals surface area contributed by atoms with E-state index < -0.39 is 0 Å². The van der Waals surface area contributed by atoms with Gasteiger partial charge in [0.25, 0.3) is 0 Å². The molecule has 20 heavy (non-hydrogen) atoms. The van der Waals surface area contributed by atoms with Crippen LogP contribution in [0.15, 0.2) is 48.5 Å². The summed E-state index contributed by atoms with van der Waals surface area (Å²) in [5.74, 6) is 0.113. The van der Waals surface area contributed by atoms with Gasteiger partial charge in [0, 0.05) is 12.5 Å². The molecule has 0 radical (unpaired) electrons. The Labute approximate surface area is 117 Å². The van der Waals surface area contributed by atoms with E-state index in [0.29, 0.717) is 0 Å². The minimum atomic E-state index is -0.222. The van der Waals surface area contributed by atoms with Crippen molar-refractivity contribution in [3.63, 3.8) is 0 Å². The van der Waals surface area contributed by atoms with Crippen LogP contribution in [0, 0.1) is 11.6 Å². The molecule has 0 aliphatic carbocycles. The molecule has 1 fully saturated rings. The Morgan fingerprint density at radius 3 is 2.40 bits per heavy atom. The third-order valence-electron chi connectivity index (χ3n) is 4.06. The average Bonchev–Trinajstić information content (AvgIpc) is 2.48. The van der Waals surface area contributed by atoms with Gasteiger partial charge < -0.3 is 5.32 Å². The second kappa shape index (κ2) is 5.71. The lowest BCUT2D eigenvalue weighted by Crippen LogP contribution is -2.34. The Balaban J connectivity index is 1.93. The molecule has 2 aromatic rings. The first-order valence-electron chi connectivity index (χ1n) is 6.95. The molecule has 0 spiro atoms. The van der Waals surface area contributed by atoms with Gasteiger partial charge in [0.1, 0.15) is 11.6 Å². The molecule has 1 nitrogen and oxygen atoms in total. The zero-order valence-corrected chi connectivity index (χ0v) is 11.2. The summed E-state index contributed by atoms with van der Waals surface area (Å²) in [4.78, 5) is 0. The largest absolute Gasteiger partial charge is 0.316 e. The van der Waals surface area contributed by atoms with E-state index in [1.807, 2.05) is 18.2 Å². The van der Waals surface area contributed by atoms with E-state index in [9.17, 15) is 8.78 Å². The van der Waals surface area contributed by atoms with E-state index in [4.69, 9.17) is 0 Å². The molecule has 1 N–H and O–H groups in total. The average molecular weight is 273 g/mol. The standard InChI is InChI=1S/C17H17F2N/c18-14-6-4-12(5-7-14)17-11-20-9-8-16(17)13-2-1-3-15(19)10-13/h1-7,10,16-17,20H,8-9,11H2. The molecular weight excluding hydrogens is 256 g/mol. The smallest absolute Gasteiger partial charge is 0.123 e. The molecule has 1 aliphatic heterocycles.